The zero-order valence-corrected chi connectivity index (χ0v) is 10.3. The first-order valence-electron chi connectivity index (χ1n) is 5.67. The number of likely N-dealkylation sites (tertiary alicyclic amines) is 1. The Morgan fingerprint density at radius 2 is 2.12 bits per heavy atom. The van der Waals surface area contributed by atoms with Gasteiger partial charge in [0, 0.05) is 20.1 Å². The van der Waals surface area contributed by atoms with Gasteiger partial charge in [0.25, 0.3) is 0 Å². The molecule has 0 unspecified atom stereocenters. The number of nitrogens with zero attached hydrogens (tertiary/aromatic N) is 4. The molecule has 1 aromatic heterocycles. The van der Waals surface area contributed by atoms with Crippen molar-refractivity contribution in [3.63, 3.8) is 0 Å². The summed E-state index contributed by atoms with van der Waals surface area (Å²) >= 11 is 5.81. The van der Waals surface area contributed by atoms with Gasteiger partial charge in [-0.2, -0.15) is 0 Å². The third kappa shape index (κ3) is 3.06. The maximum atomic E-state index is 5.81. The standard InChI is InChI=1S/C11H17ClN4/c1-15(6-7-16-4-2-3-5-16)11-9-13-8-10(12)14-11/h8-9H,2-7H2,1H3. The van der Waals surface area contributed by atoms with E-state index in [0.717, 1.165) is 18.9 Å². The van der Waals surface area contributed by atoms with Gasteiger partial charge in [-0.3, -0.25) is 4.98 Å². The molecule has 2 rings (SSSR count). The molecule has 0 atom stereocenters. The van der Waals surface area contributed by atoms with Gasteiger partial charge >= 0.3 is 0 Å². The Kier molecular flexibility index (Phi) is 3.96. The van der Waals surface area contributed by atoms with Gasteiger partial charge in [-0.05, 0) is 25.9 Å². The van der Waals surface area contributed by atoms with Crippen LogP contribution in [0.4, 0.5) is 5.82 Å². The van der Waals surface area contributed by atoms with Crippen LogP contribution in [0.15, 0.2) is 12.4 Å². The fourth-order valence-corrected chi connectivity index (χ4v) is 2.07. The number of rotatable bonds is 4. The summed E-state index contributed by atoms with van der Waals surface area (Å²) in [4.78, 5) is 12.8. The zero-order chi connectivity index (χ0) is 11.4. The molecule has 0 bridgehead atoms. The largest absolute Gasteiger partial charge is 0.357 e. The summed E-state index contributed by atoms with van der Waals surface area (Å²) < 4.78 is 0. The molecule has 0 saturated carbocycles. The predicted octanol–water partition coefficient (Wildman–Crippen LogP) is 1.66. The van der Waals surface area contributed by atoms with E-state index in [-0.39, 0.29) is 0 Å². The smallest absolute Gasteiger partial charge is 0.149 e. The average Bonchev–Trinajstić information content (AvgIpc) is 2.78. The lowest BCUT2D eigenvalue weighted by Crippen LogP contribution is -2.31. The van der Waals surface area contributed by atoms with Crippen LogP contribution >= 0.6 is 11.6 Å². The van der Waals surface area contributed by atoms with Crippen LogP contribution in [0, 0.1) is 0 Å². The summed E-state index contributed by atoms with van der Waals surface area (Å²) in [5.41, 5.74) is 0. The number of halogens is 1. The number of anilines is 1. The lowest BCUT2D eigenvalue weighted by Gasteiger charge is -2.21. The molecule has 5 heteroatoms. The summed E-state index contributed by atoms with van der Waals surface area (Å²) in [6, 6.07) is 0. The molecular formula is C11H17ClN4. The number of aromatic nitrogens is 2. The Balaban J connectivity index is 1.85. The minimum atomic E-state index is 0.450. The second-order valence-corrected chi connectivity index (χ2v) is 4.56. The van der Waals surface area contributed by atoms with Gasteiger partial charge in [-0.15, -0.1) is 0 Å². The maximum Gasteiger partial charge on any atom is 0.149 e. The van der Waals surface area contributed by atoms with Crippen LogP contribution in [0.1, 0.15) is 12.8 Å². The summed E-state index contributed by atoms with van der Waals surface area (Å²) in [6.45, 7) is 4.52. The number of hydrogen-bond donors (Lipinski definition) is 0. The molecule has 0 radical (unpaired) electrons. The molecule has 88 valence electrons. The van der Waals surface area contributed by atoms with Crippen LogP contribution in [0.25, 0.3) is 0 Å². The first kappa shape index (κ1) is 11.6. The molecular weight excluding hydrogens is 224 g/mol. The number of hydrogen-bond acceptors (Lipinski definition) is 4. The Morgan fingerprint density at radius 3 is 2.81 bits per heavy atom. The first-order chi connectivity index (χ1) is 7.75. The van der Waals surface area contributed by atoms with E-state index in [1.165, 1.54) is 25.9 Å². The maximum absolute atomic E-state index is 5.81. The van der Waals surface area contributed by atoms with Crippen LogP contribution in [-0.4, -0.2) is 48.1 Å². The molecule has 1 aliphatic rings. The van der Waals surface area contributed by atoms with Crippen LogP contribution in [-0.2, 0) is 0 Å². The van der Waals surface area contributed by atoms with E-state index in [9.17, 15) is 0 Å². The van der Waals surface area contributed by atoms with Crippen molar-refractivity contribution >= 4 is 17.4 Å². The fourth-order valence-electron chi connectivity index (χ4n) is 1.93. The second-order valence-electron chi connectivity index (χ2n) is 4.17. The third-order valence-electron chi connectivity index (χ3n) is 2.93. The molecule has 1 saturated heterocycles. The van der Waals surface area contributed by atoms with E-state index >= 15 is 0 Å². The van der Waals surface area contributed by atoms with Crippen LogP contribution < -0.4 is 4.90 Å². The zero-order valence-electron chi connectivity index (χ0n) is 9.56. The van der Waals surface area contributed by atoms with E-state index in [1.807, 2.05) is 7.05 Å². The molecule has 0 N–H and O–H groups in total. The molecule has 4 nitrogen and oxygen atoms in total. The molecule has 0 amide bonds. The van der Waals surface area contributed by atoms with Crippen LogP contribution in [0.3, 0.4) is 0 Å². The van der Waals surface area contributed by atoms with E-state index < -0.39 is 0 Å². The average molecular weight is 241 g/mol. The highest BCUT2D eigenvalue weighted by Gasteiger charge is 2.12. The molecule has 1 aliphatic heterocycles. The SMILES string of the molecule is CN(CCN1CCCC1)c1cncc(Cl)n1. The monoisotopic (exact) mass is 240 g/mol. The molecule has 0 spiro atoms. The Labute approximate surface area is 101 Å². The highest BCUT2D eigenvalue weighted by atomic mass is 35.5. The van der Waals surface area contributed by atoms with Crippen molar-refractivity contribution in [3.05, 3.63) is 17.5 Å². The van der Waals surface area contributed by atoms with Gasteiger partial charge in [0.05, 0.1) is 12.4 Å². The summed E-state index contributed by atoms with van der Waals surface area (Å²) in [5, 5.41) is 0.450. The Morgan fingerprint density at radius 1 is 1.38 bits per heavy atom. The van der Waals surface area contributed by atoms with Gasteiger partial charge in [0.1, 0.15) is 11.0 Å². The summed E-state index contributed by atoms with van der Waals surface area (Å²) in [7, 11) is 2.02. The van der Waals surface area contributed by atoms with E-state index in [0.29, 0.717) is 5.15 Å². The van der Waals surface area contributed by atoms with Crippen molar-refractivity contribution in [2.24, 2.45) is 0 Å². The summed E-state index contributed by atoms with van der Waals surface area (Å²) in [6.07, 6.45) is 5.97. The molecule has 16 heavy (non-hydrogen) atoms. The fraction of sp³-hybridized carbons (Fsp3) is 0.636. The molecule has 0 aliphatic carbocycles. The van der Waals surface area contributed by atoms with Crippen molar-refractivity contribution in [1.82, 2.24) is 14.9 Å². The van der Waals surface area contributed by atoms with Crippen molar-refractivity contribution in [3.8, 4) is 0 Å². The Bertz CT molecular complexity index is 339. The minimum Gasteiger partial charge on any atom is -0.357 e. The third-order valence-corrected chi connectivity index (χ3v) is 3.12. The molecule has 1 fully saturated rings. The highest BCUT2D eigenvalue weighted by Crippen LogP contribution is 2.12. The van der Waals surface area contributed by atoms with Gasteiger partial charge < -0.3 is 9.80 Å². The Hall–Kier alpha value is -0.870. The van der Waals surface area contributed by atoms with Crippen molar-refractivity contribution < 1.29 is 0 Å². The molecule has 2 heterocycles. The van der Waals surface area contributed by atoms with Crippen LogP contribution in [0.5, 0.6) is 0 Å². The molecule has 1 aromatic rings. The van der Waals surface area contributed by atoms with Crippen LogP contribution in [0.2, 0.25) is 5.15 Å². The van der Waals surface area contributed by atoms with Crippen molar-refractivity contribution in [2.45, 2.75) is 12.8 Å². The topological polar surface area (TPSA) is 32.3 Å². The summed E-state index contributed by atoms with van der Waals surface area (Å²) in [5.74, 6) is 0.840. The van der Waals surface area contributed by atoms with E-state index in [1.54, 1.807) is 12.4 Å². The van der Waals surface area contributed by atoms with Crippen molar-refractivity contribution in [1.29, 1.82) is 0 Å². The normalized spacial score (nSPS) is 16.6. The first-order valence-corrected chi connectivity index (χ1v) is 6.04. The van der Waals surface area contributed by atoms with Gasteiger partial charge in [0.2, 0.25) is 0 Å². The predicted molar refractivity (Wildman–Crippen MR) is 66.0 cm³/mol. The van der Waals surface area contributed by atoms with Gasteiger partial charge in [0.15, 0.2) is 0 Å². The van der Waals surface area contributed by atoms with E-state index in [2.05, 4.69) is 19.8 Å². The molecule has 0 aromatic carbocycles. The van der Waals surface area contributed by atoms with Gasteiger partial charge in [-0.1, -0.05) is 11.6 Å². The highest BCUT2D eigenvalue weighted by molar-refractivity contribution is 6.29. The van der Waals surface area contributed by atoms with Crippen molar-refractivity contribution in [2.75, 3.05) is 38.1 Å². The second kappa shape index (κ2) is 5.46. The van der Waals surface area contributed by atoms with Gasteiger partial charge in [-0.25, -0.2) is 4.98 Å². The lowest BCUT2D eigenvalue weighted by molar-refractivity contribution is 0.346. The lowest BCUT2D eigenvalue weighted by atomic mass is 10.4. The van der Waals surface area contributed by atoms with E-state index in [4.69, 9.17) is 11.6 Å². The minimum absolute atomic E-state index is 0.450. The quantitative estimate of drug-likeness (QED) is 0.802. The number of likely N-dealkylation sites (N-methyl/N-ethyl adjacent to an activating group) is 1.